The average molecular weight is 271 g/mol. The Bertz CT molecular complexity index is 381. The van der Waals surface area contributed by atoms with Crippen LogP contribution in [0.15, 0.2) is 24.3 Å². The summed E-state index contributed by atoms with van der Waals surface area (Å²) in [5.74, 6) is -0.0902. The summed E-state index contributed by atoms with van der Waals surface area (Å²) in [5, 5.41) is 12.4. The Balaban J connectivity index is 2.61. The maximum absolute atomic E-state index is 12.0. The van der Waals surface area contributed by atoms with Crippen LogP contribution >= 0.6 is 11.6 Å². The van der Waals surface area contributed by atoms with Crippen LogP contribution in [-0.2, 0) is 4.79 Å². The topological polar surface area (TPSA) is 52.6 Å². The molecule has 18 heavy (non-hydrogen) atoms. The molecule has 0 aliphatic carbocycles. The first kappa shape index (κ1) is 15.0. The predicted molar refractivity (Wildman–Crippen MR) is 73.9 cm³/mol. The molecule has 0 bridgehead atoms. The Morgan fingerprint density at radius 1 is 1.44 bits per heavy atom. The van der Waals surface area contributed by atoms with Gasteiger partial charge in [0.25, 0.3) is 0 Å². The molecule has 0 aromatic heterocycles. The summed E-state index contributed by atoms with van der Waals surface area (Å²) >= 11 is 5.78. The normalized spacial score (nSPS) is 12.5. The number of anilines is 1. The number of likely N-dealkylation sites (N-methyl/N-ethyl adjacent to an activating group) is 1. The van der Waals surface area contributed by atoms with Crippen molar-refractivity contribution in [2.45, 2.75) is 19.9 Å². The van der Waals surface area contributed by atoms with E-state index in [1.165, 1.54) is 0 Å². The van der Waals surface area contributed by atoms with E-state index in [0.717, 1.165) is 12.2 Å². The van der Waals surface area contributed by atoms with Gasteiger partial charge < -0.3 is 10.4 Å². The summed E-state index contributed by atoms with van der Waals surface area (Å²) in [5.41, 5.74) is 0.719. The molecular weight excluding hydrogens is 252 g/mol. The molecule has 0 spiro atoms. The van der Waals surface area contributed by atoms with Gasteiger partial charge in [-0.05, 0) is 37.7 Å². The molecule has 4 nitrogen and oxygen atoms in total. The molecule has 0 saturated heterocycles. The number of nitrogens with zero attached hydrogens (tertiary/aromatic N) is 1. The van der Waals surface area contributed by atoms with E-state index in [4.69, 9.17) is 16.7 Å². The summed E-state index contributed by atoms with van der Waals surface area (Å²) in [6.45, 7) is 5.04. The van der Waals surface area contributed by atoms with Gasteiger partial charge in [-0.1, -0.05) is 18.5 Å². The number of rotatable bonds is 6. The van der Waals surface area contributed by atoms with Gasteiger partial charge in [-0.3, -0.25) is 9.69 Å². The number of amides is 1. The van der Waals surface area contributed by atoms with E-state index in [9.17, 15) is 4.79 Å². The molecule has 100 valence electrons. The third kappa shape index (κ3) is 4.29. The number of carbonyl (C=O) groups excluding carboxylic acids is 1. The second kappa shape index (κ2) is 7.36. The molecule has 0 aliphatic rings. The largest absolute Gasteiger partial charge is 0.395 e. The lowest BCUT2D eigenvalue weighted by atomic mass is 10.2. The van der Waals surface area contributed by atoms with Crippen LogP contribution in [0.1, 0.15) is 13.8 Å². The molecular formula is C13H19ClN2O2. The second-order valence-electron chi connectivity index (χ2n) is 4.02. The van der Waals surface area contributed by atoms with Gasteiger partial charge in [0, 0.05) is 17.3 Å². The first-order valence-corrected chi connectivity index (χ1v) is 6.37. The first-order valence-electron chi connectivity index (χ1n) is 5.99. The van der Waals surface area contributed by atoms with Crippen LogP contribution in [0.2, 0.25) is 5.02 Å². The smallest absolute Gasteiger partial charge is 0.241 e. The number of benzene rings is 1. The molecule has 0 fully saturated rings. The molecule has 1 atom stereocenters. The minimum Gasteiger partial charge on any atom is -0.395 e. The number of halogens is 1. The molecule has 1 amide bonds. The maximum atomic E-state index is 12.0. The summed E-state index contributed by atoms with van der Waals surface area (Å²) in [6, 6.07) is 6.70. The Morgan fingerprint density at radius 2 is 2.06 bits per heavy atom. The zero-order valence-electron chi connectivity index (χ0n) is 10.7. The fourth-order valence-electron chi connectivity index (χ4n) is 1.70. The van der Waals surface area contributed by atoms with Crippen LogP contribution in [0.3, 0.4) is 0 Å². The number of aliphatic hydroxyl groups is 1. The highest BCUT2D eigenvalue weighted by atomic mass is 35.5. The lowest BCUT2D eigenvalue weighted by Crippen LogP contribution is -2.43. The lowest BCUT2D eigenvalue weighted by molar-refractivity contribution is -0.120. The number of hydrogen-bond acceptors (Lipinski definition) is 3. The summed E-state index contributed by atoms with van der Waals surface area (Å²) in [4.78, 5) is 13.9. The van der Waals surface area contributed by atoms with Crippen LogP contribution in [0.4, 0.5) is 5.69 Å². The Hall–Kier alpha value is -1.10. The van der Waals surface area contributed by atoms with Crippen molar-refractivity contribution in [1.82, 2.24) is 4.90 Å². The molecule has 1 unspecified atom stereocenters. The van der Waals surface area contributed by atoms with Crippen LogP contribution in [0.5, 0.6) is 0 Å². The van der Waals surface area contributed by atoms with Crippen molar-refractivity contribution < 1.29 is 9.90 Å². The van der Waals surface area contributed by atoms with Crippen LogP contribution in [-0.4, -0.2) is 41.7 Å². The zero-order chi connectivity index (χ0) is 13.5. The minimum absolute atomic E-state index is 0.0480. The van der Waals surface area contributed by atoms with E-state index in [1.54, 1.807) is 24.3 Å². The van der Waals surface area contributed by atoms with Crippen molar-refractivity contribution in [2.24, 2.45) is 0 Å². The maximum Gasteiger partial charge on any atom is 0.241 e. The Morgan fingerprint density at radius 3 is 2.56 bits per heavy atom. The van der Waals surface area contributed by atoms with Crippen molar-refractivity contribution in [1.29, 1.82) is 0 Å². The first-order chi connectivity index (χ1) is 8.58. The molecule has 1 aromatic rings. The summed E-state index contributed by atoms with van der Waals surface area (Å²) < 4.78 is 0. The Labute approximate surface area is 113 Å². The van der Waals surface area contributed by atoms with Gasteiger partial charge >= 0.3 is 0 Å². The van der Waals surface area contributed by atoms with Gasteiger partial charge in [0.2, 0.25) is 5.91 Å². The molecule has 0 heterocycles. The molecule has 1 rings (SSSR count). The minimum atomic E-state index is -0.280. The van der Waals surface area contributed by atoms with E-state index >= 15 is 0 Å². The number of carbonyl (C=O) groups is 1. The van der Waals surface area contributed by atoms with Gasteiger partial charge in [0.1, 0.15) is 0 Å². The van der Waals surface area contributed by atoms with Crippen molar-refractivity contribution in [2.75, 3.05) is 25.0 Å². The highest BCUT2D eigenvalue weighted by Crippen LogP contribution is 2.14. The predicted octanol–water partition coefficient (Wildman–Crippen LogP) is 1.98. The van der Waals surface area contributed by atoms with E-state index in [1.807, 2.05) is 18.7 Å². The van der Waals surface area contributed by atoms with E-state index < -0.39 is 0 Å². The summed E-state index contributed by atoms with van der Waals surface area (Å²) in [7, 11) is 0. The summed E-state index contributed by atoms with van der Waals surface area (Å²) in [6.07, 6.45) is 0. The van der Waals surface area contributed by atoms with Gasteiger partial charge in [-0.15, -0.1) is 0 Å². The highest BCUT2D eigenvalue weighted by molar-refractivity contribution is 6.30. The van der Waals surface area contributed by atoms with E-state index in [-0.39, 0.29) is 18.6 Å². The Kier molecular flexibility index (Phi) is 6.12. The van der Waals surface area contributed by atoms with Crippen molar-refractivity contribution in [3.8, 4) is 0 Å². The fraction of sp³-hybridized carbons (Fsp3) is 0.462. The fourth-order valence-corrected chi connectivity index (χ4v) is 1.83. The van der Waals surface area contributed by atoms with Crippen molar-refractivity contribution in [3.05, 3.63) is 29.3 Å². The van der Waals surface area contributed by atoms with Crippen LogP contribution < -0.4 is 5.32 Å². The van der Waals surface area contributed by atoms with Gasteiger partial charge in [0.05, 0.1) is 12.6 Å². The van der Waals surface area contributed by atoms with Gasteiger partial charge in [0.15, 0.2) is 0 Å². The average Bonchev–Trinajstić information content (AvgIpc) is 2.37. The quantitative estimate of drug-likeness (QED) is 0.831. The monoisotopic (exact) mass is 270 g/mol. The third-order valence-electron chi connectivity index (χ3n) is 2.83. The molecule has 2 N–H and O–H groups in total. The number of nitrogens with one attached hydrogen (secondary N) is 1. The number of hydrogen-bond donors (Lipinski definition) is 2. The van der Waals surface area contributed by atoms with E-state index in [0.29, 0.717) is 11.6 Å². The standard InChI is InChI=1S/C13H19ClN2O2/c1-3-16(8-9-17)10(2)13(18)15-12-6-4-11(14)5-7-12/h4-7,10,17H,3,8-9H2,1-2H3,(H,15,18). The molecule has 5 heteroatoms. The van der Waals surface area contributed by atoms with Crippen LogP contribution in [0, 0.1) is 0 Å². The molecule has 0 saturated carbocycles. The molecule has 1 aromatic carbocycles. The van der Waals surface area contributed by atoms with Gasteiger partial charge in [-0.2, -0.15) is 0 Å². The van der Waals surface area contributed by atoms with E-state index in [2.05, 4.69) is 5.32 Å². The van der Waals surface area contributed by atoms with Crippen molar-refractivity contribution >= 4 is 23.2 Å². The van der Waals surface area contributed by atoms with Crippen molar-refractivity contribution in [3.63, 3.8) is 0 Å². The molecule has 0 radical (unpaired) electrons. The second-order valence-corrected chi connectivity index (χ2v) is 4.46. The van der Waals surface area contributed by atoms with Gasteiger partial charge in [-0.25, -0.2) is 0 Å². The third-order valence-corrected chi connectivity index (χ3v) is 3.08. The zero-order valence-corrected chi connectivity index (χ0v) is 11.4. The highest BCUT2D eigenvalue weighted by Gasteiger charge is 2.19. The lowest BCUT2D eigenvalue weighted by Gasteiger charge is -2.25. The molecule has 0 aliphatic heterocycles. The number of aliphatic hydroxyl groups excluding tert-OH is 1. The SMILES string of the molecule is CCN(CCO)C(C)C(=O)Nc1ccc(Cl)cc1. The van der Waals surface area contributed by atoms with Crippen LogP contribution in [0.25, 0.3) is 0 Å².